The molecule has 3 N–H and O–H groups in total. The molecule has 51 heavy (non-hydrogen) atoms. The fourth-order valence-electron chi connectivity index (χ4n) is 8.40. The lowest BCUT2D eigenvalue weighted by Gasteiger charge is -2.32. The first-order chi connectivity index (χ1) is 24.7. The van der Waals surface area contributed by atoms with Crippen molar-refractivity contribution in [2.75, 3.05) is 43.5 Å². The van der Waals surface area contributed by atoms with E-state index in [0.29, 0.717) is 40.9 Å². The van der Waals surface area contributed by atoms with E-state index in [0.717, 1.165) is 19.4 Å². The van der Waals surface area contributed by atoms with Crippen molar-refractivity contribution < 1.29 is 32.5 Å². The molecule has 10 nitrogen and oxygen atoms in total. The molecule has 0 radical (unpaired) electrons. The molecule has 3 fully saturated rings. The first-order valence-corrected chi connectivity index (χ1v) is 16.9. The van der Waals surface area contributed by atoms with Gasteiger partial charge in [0, 0.05) is 42.2 Å². The fraction of sp³-hybridized carbons (Fsp3) is 0.342. The van der Waals surface area contributed by atoms with E-state index in [1.165, 1.54) is 30.3 Å². The van der Waals surface area contributed by atoms with E-state index in [9.17, 15) is 9.50 Å². The van der Waals surface area contributed by atoms with Crippen LogP contribution < -0.4 is 20.1 Å². The van der Waals surface area contributed by atoms with Crippen LogP contribution in [0.25, 0.3) is 32.8 Å². The molecule has 4 aliphatic heterocycles. The third-order valence-corrected chi connectivity index (χ3v) is 10.8. The van der Waals surface area contributed by atoms with Crippen LogP contribution in [0.5, 0.6) is 17.5 Å². The average Bonchev–Trinajstić information content (AvgIpc) is 3.80. The molecule has 9 rings (SSSR count). The highest BCUT2D eigenvalue weighted by molar-refractivity contribution is 6.06. The lowest BCUT2D eigenvalue weighted by molar-refractivity contribution is 0.107. The van der Waals surface area contributed by atoms with Crippen molar-refractivity contribution >= 4 is 33.3 Å². The van der Waals surface area contributed by atoms with Crippen LogP contribution in [0.15, 0.2) is 48.7 Å². The molecule has 0 bridgehead atoms. The van der Waals surface area contributed by atoms with Crippen molar-refractivity contribution in [3.8, 4) is 41.0 Å². The van der Waals surface area contributed by atoms with Gasteiger partial charge in [0.05, 0.1) is 35.7 Å². The smallest absolute Gasteiger partial charge is 0.319 e. The van der Waals surface area contributed by atoms with Crippen molar-refractivity contribution in [3.05, 3.63) is 71.4 Å². The Balaban J connectivity index is 1.27. The quantitative estimate of drug-likeness (QED) is 0.220. The Morgan fingerprint density at radius 2 is 2.00 bits per heavy atom. The Bertz CT molecular complexity index is 2280. The Kier molecular flexibility index (Phi) is 7.38. The summed E-state index contributed by atoms with van der Waals surface area (Å²) in [6.07, 6.45) is 7.90. The predicted octanol–water partition coefficient (Wildman–Crippen LogP) is 5.51. The number of benzene rings is 3. The van der Waals surface area contributed by atoms with Gasteiger partial charge in [0.2, 0.25) is 0 Å². The van der Waals surface area contributed by atoms with Gasteiger partial charge in [-0.1, -0.05) is 18.1 Å². The molecule has 260 valence electrons. The monoisotopic (exact) mass is 694 g/mol. The van der Waals surface area contributed by atoms with Gasteiger partial charge in [-0.05, 0) is 60.7 Å². The van der Waals surface area contributed by atoms with Gasteiger partial charge in [0.15, 0.2) is 5.82 Å². The predicted molar refractivity (Wildman–Crippen MR) is 184 cm³/mol. The molecule has 3 aromatic carbocycles. The highest BCUT2D eigenvalue weighted by atomic mass is 19.1. The Hall–Kier alpha value is -5.32. The number of hydrogen-bond acceptors (Lipinski definition) is 10. The van der Waals surface area contributed by atoms with Crippen molar-refractivity contribution in [2.45, 2.75) is 49.7 Å². The third kappa shape index (κ3) is 5.07. The van der Waals surface area contributed by atoms with Gasteiger partial charge >= 0.3 is 6.01 Å². The van der Waals surface area contributed by atoms with Crippen LogP contribution in [-0.2, 0) is 11.3 Å². The maximum Gasteiger partial charge on any atom is 0.319 e. The minimum Gasteiger partial charge on any atom is -0.508 e. The standard InChI is InChI=1S/C38H33F3N6O4/c1-2-24-27(40)7-6-20-11-23(48)12-25(31(20)24)26-13-29-32-34(33(26)41)44-37(50-19-38-8-4-10-46(38)16-22(39)14-38)45-36(32)47(28-17-49-18-30(28)51-29)15-21-5-3-9-43-35(21)42/h1,3,5-7,9,11-13,22,28,30,48H,4,8,10,14-19H2,(H2,42,43)/t22-,28?,30+,38+/m1/s1. The molecule has 2 aromatic heterocycles. The van der Waals surface area contributed by atoms with Gasteiger partial charge in [-0.15, -0.1) is 6.42 Å². The van der Waals surface area contributed by atoms with Crippen LogP contribution in [0.3, 0.4) is 0 Å². The molecule has 4 aliphatic rings. The van der Waals surface area contributed by atoms with Crippen LogP contribution in [0, 0.1) is 24.0 Å². The molecule has 0 amide bonds. The Morgan fingerprint density at radius 3 is 2.84 bits per heavy atom. The summed E-state index contributed by atoms with van der Waals surface area (Å²) in [4.78, 5) is 17.9. The normalized spacial score (nSPS) is 24.0. The summed E-state index contributed by atoms with van der Waals surface area (Å²) in [6, 6.07) is 10.2. The number of pyridine rings is 1. The second-order valence-corrected chi connectivity index (χ2v) is 13.7. The Labute approximate surface area is 291 Å². The molecule has 0 spiro atoms. The number of aromatic nitrogens is 3. The zero-order chi connectivity index (χ0) is 35.0. The van der Waals surface area contributed by atoms with E-state index in [-0.39, 0.29) is 77.5 Å². The van der Waals surface area contributed by atoms with Crippen LogP contribution in [-0.4, -0.2) is 81.7 Å². The van der Waals surface area contributed by atoms with Crippen molar-refractivity contribution in [2.24, 2.45) is 0 Å². The zero-order valence-corrected chi connectivity index (χ0v) is 27.4. The number of alkyl halides is 1. The minimum atomic E-state index is -0.967. The first kappa shape index (κ1) is 31.6. The maximum absolute atomic E-state index is 17.3. The third-order valence-electron chi connectivity index (χ3n) is 10.8. The van der Waals surface area contributed by atoms with Gasteiger partial charge in [0.25, 0.3) is 0 Å². The zero-order valence-electron chi connectivity index (χ0n) is 27.4. The maximum atomic E-state index is 17.3. The lowest BCUT2D eigenvalue weighted by Crippen LogP contribution is -2.45. The van der Waals surface area contributed by atoms with Gasteiger partial charge in [-0.2, -0.15) is 9.97 Å². The highest BCUT2D eigenvalue weighted by Gasteiger charge is 2.49. The summed E-state index contributed by atoms with van der Waals surface area (Å²) in [6.45, 7) is 2.00. The summed E-state index contributed by atoms with van der Waals surface area (Å²) in [5.41, 5.74) is 6.45. The second kappa shape index (κ2) is 11.9. The molecule has 13 heteroatoms. The number of phenolic OH excluding ortho intramolecular Hbond substituents is 1. The summed E-state index contributed by atoms with van der Waals surface area (Å²) < 4.78 is 65.9. The number of ether oxygens (including phenoxy) is 3. The molecule has 6 heterocycles. The number of fused-ring (bicyclic) bond motifs is 3. The van der Waals surface area contributed by atoms with Crippen molar-refractivity contribution in [1.82, 2.24) is 19.9 Å². The number of rotatable bonds is 6. The van der Waals surface area contributed by atoms with Crippen molar-refractivity contribution in [3.63, 3.8) is 0 Å². The van der Waals surface area contributed by atoms with Crippen LogP contribution in [0.1, 0.15) is 30.4 Å². The summed E-state index contributed by atoms with van der Waals surface area (Å²) in [5.74, 6) is 1.72. The number of nitrogens with zero attached hydrogens (tertiary/aromatic N) is 5. The second-order valence-electron chi connectivity index (χ2n) is 13.7. The van der Waals surface area contributed by atoms with Crippen molar-refractivity contribution in [1.29, 1.82) is 0 Å². The number of terminal acetylenes is 1. The number of nitrogen functional groups attached to an aromatic ring is 1. The topological polar surface area (TPSA) is 119 Å². The number of hydrogen-bond donors (Lipinski definition) is 2. The number of phenols is 1. The van der Waals surface area contributed by atoms with Crippen LogP contribution >= 0.6 is 0 Å². The fourth-order valence-corrected chi connectivity index (χ4v) is 8.40. The lowest BCUT2D eigenvalue weighted by atomic mass is 9.92. The van der Waals surface area contributed by atoms with Gasteiger partial charge < -0.3 is 30.0 Å². The van der Waals surface area contributed by atoms with E-state index >= 15 is 8.78 Å². The molecule has 3 saturated heterocycles. The van der Waals surface area contributed by atoms with Crippen LogP contribution in [0.2, 0.25) is 0 Å². The number of halogens is 3. The van der Waals surface area contributed by atoms with Gasteiger partial charge in [0.1, 0.15) is 53.4 Å². The van der Waals surface area contributed by atoms with E-state index in [1.54, 1.807) is 12.3 Å². The molecular formula is C38H33F3N6O4. The van der Waals surface area contributed by atoms with Gasteiger partial charge in [-0.25, -0.2) is 18.2 Å². The first-order valence-electron chi connectivity index (χ1n) is 16.9. The SMILES string of the molecule is C#Cc1c(F)ccc2cc(O)cc(-c3cc4c5c(nc(OC[C@@]67CCCN6C[C@H](F)C7)nc5c3F)N(Cc3cccnc3N)C3COC[C@@H]3O4)c12. The number of nitrogens with two attached hydrogens (primary N) is 1. The van der Waals surface area contributed by atoms with E-state index in [4.69, 9.17) is 31.4 Å². The largest absolute Gasteiger partial charge is 0.508 e. The van der Waals surface area contributed by atoms with E-state index < -0.39 is 29.4 Å². The molecule has 0 aliphatic carbocycles. The summed E-state index contributed by atoms with van der Waals surface area (Å²) in [7, 11) is 0. The Morgan fingerprint density at radius 1 is 1.12 bits per heavy atom. The summed E-state index contributed by atoms with van der Waals surface area (Å²) in [5, 5.41) is 11.7. The molecule has 5 aromatic rings. The van der Waals surface area contributed by atoms with Gasteiger partial charge in [-0.3, -0.25) is 4.90 Å². The van der Waals surface area contributed by atoms with E-state index in [1.807, 2.05) is 11.0 Å². The number of aromatic hydroxyl groups is 1. The van der Waals surface area contributed by atoms with E-state index in [2.05, 4.69) is 20.8 Å². The molecule has 4 atom stereocenters. The number of anilines is 2. The van der Waals surface area contributed by atoms with Crippen LogP contribution in [0.4, 0.5) is 24.8 Å². The minimum absolute atomic E-state index is 0.0202. The summed E-state index contributed by atoms with van der Waals surface area (Å²) >= 11 is 0. The molecular weight excluding hydrogens is 661 g/mol. The molecule has 0 saturated carbocycles. The highest BCUT2D eigenvalue weighted by Crippen LogP contribution is 2.47. The average molecular weight is 695 g/mol. The molecule has 1 unspecified atom stereocenters.